The van der Waals surface area contributed by atoms with E-state index in [4.69, 9.17) is 9.84 Å². The predicted octanol–water partition coefficient (Wildman–Crippen LogP) is 2.15. The molecule has 1 aromatic carbocycles. The first-order valence-corrected chi connectivity index (χ1v) is 7.82. The van der Waals surface area contributed by atoms with E-state index in [2.05, 4.69) is 15.3 Å². The van der Waals surface area contributed by atoms with Gasteiger partial charge < -0.3 is 15.2 Å². The molecule has 122 valence electrons. The van der Waals surface area contributed by atoms with Gasteiger partial charge in [-0.2, -0.15) is 0 Å². The second kappa shape index (κ2) is 7.48. The molecule has 1 fully saturated rings. The third-order valence-corrected chi connectivity index (χ3v) is 4.10. The van der Waals surface area contributed by atoms with Crippen molar-refractivity contribution in [1.82, 2.24) is 15.3 Å². The van der Waals surface area contributed by atoms with Crippen molar-refractivity contribution < 1.29 is 14.2 Å². The Bertz CT molecular complexity index is 643. The number of aliphatic hydroxyl groups is 1. The molecule has 3 rings (SSSR count). The molecule has 0 saturated carbocycles. The van der Waals surface area contributed by atoms with E-state index in [1.54, 1.807) is 30.6 Å². The van der Waals surface area contributed by atoms with Crippen LogP contribution < -0.4 is 10.1 Å². The van der Waals surface area contributed by atoms with Gasteiger partial charge in [-0.15, -0.1) is 0 Å². The van der Waals surface area contributed by atoms with E-state index in [0.717, 1.165) is 25.9 Å². The molecular formula is C17H20FN3O2. The van der Waals surface area contributed by atoms with Crippen LogP contribution in [-0.2, 0) is 6.61 Å². The van der Waals surface area contributed by atoms with Crippen LogP contribution in [0.3, 0.4) is 0 Å². The summed E-state index contributed by atoms with van der Waals surface area (Å²) in [5, 5.41) is 12.4. The average Bonchev–Trinajstić information content (AvgIpc) is 2.62. The van der Waals surface area contributed by atoms with Gasteiger partial charge in [0.15, 0.2) is 0 Å². The third kappa shape index (κ3) is 3.83. The maximum absolute atomic E-state index is 14.2. The molecular weight excluding hydrogens is 297 g/mol. The van der Waals surface area contributed by atoms with Crippen molar-refractivity contribution >= 4 is 0 Å². The largest absolute Gasteiger partial charge is 0.463 e. The SMILES string of the molecule is OCc1cccc(-c2cnc(OCC3CCNCC3)nc2)c1F. The number of piperidine rings is 1. The van der Waals surface area contributed by atoms with Gasteiger partial charge in [0.2, 0.25) is 0 Å². The number of aliphatic hydroxyl groups excluding tert-OH is 1. The van der Waals surface area contributed by atoms with Crippen LogP contribution in [0.25, 0.3) is 11.1 Å². The summed E-state index contributed by atoms with van der Waals surface area (Å²) in [4.78, 5) is 8.32. The predicted molar refractivity (Wildman–Crippen MR) is 84.4 cm³/mol. The quantitative estimate of drug-likeness (QED) is 0.884. The summed E-state index contributed by atoms with van der Waals surface area (Å²) in [5.74, 6) is 0.0835. The zero-order chi connectivity index (χ0) is 16.1. The highest BCUT2D eigenvalue weighted by atomic mass is 19.1. The van der Waals surface area contributed by atoms with E-state index in [0.29, 0.717) is 29.7 Å². The van der Waals surface area contributed by atoms with Crippen LogP contribution in [0.4, 0.5) is 4.39 Å². The molecule has 0 amide bonds. The topological polar surface area (TPSA) is 67.3 Å². The fourth-order valence-electron chi connectivity index (χ4n) is 2.70. The zero-order valence-corrected chi connectivity index (χ0v) is 12.8. The minimum atomic E-state index is -0.443. The molecule has 0 radical (unpaired) electrons. The minimum Gasteiger partial charge on any atom is -0.463 e. The molecule has 0 spiro atoms. The highest BCUT2D eigenvalue weighted by molar-refractivity contribution is 5.63. The monoisotopic (exact) mass is 317 g/mol. The lowest BCUT2D eigenvalue weighted by Gasteiger charge is -2.21. The van der Waals surface area contributed by atoms with Gasteiger partial charge in [-0.25, -0.2) is 14.4 Å². The number of hydrogen-bond acceptors (Lipinski definition) is 5. The van der Waals surface area contributed by atoms with Crippen molar-refractivity contribution in [2.24, 2.45) is 5.92 Å². The molecule has 0 bridgehead atoms. The van der Waals surface area contributed by atoms with Gasteiger partial charge in [-0.3, -0.25) is 0 Å². The zero-order valence-electron chi connectivity index (χ0n) is 12.8. The number of nitrogens with zero attached hydrogens (tertiary/aromatic N) is 2. The summed E-state index contributed by atoms with van der Waals surface area (Å²) in [7, 11) is 0. The highest BCUT2D eigenvalue weighted by Crippen LogP contribution is 2.24. The summed E-state index contributed by atoms with van der Waals surface area (Å²) in [6.45, 7) is 2.32. The Morgan fingerprint density at radius 1 is 1.22 bits per heavy atom. The highest BCUT2D eigenvalue weighted by Gasteiger charge is 2.15. The Labute approximate surface area is 134 Å². The van der Waals surface area contributed by atoms with Gasteiger partial charge in [-0.05, 0) is 31.8 Å². The first-order valence-electron chi connectivity index (χ1n) is 7.82. The number of nitrogens with one attached hydrogen (secondary N) is 1. The van der Waals surface area contributed by atoms with Crippen molar-refractivity contribution in [3.63, 3.8) is 0 Å². The fourth-order valence-corrected chi connectivity index (χ4v) is 2.70. The molecule has 2 N–H and O–H groups in total. The Hall–Kier alpha value is -2.05. The van der Waals surface area contributed by atoms with Gasteiger partial charge in [0, 0.05) is 29.1 Å². The molecule has 1 saturated heterocycles. The second-order valence-electron chi connectivity index (χ2n) is 5.70. The molecule has 0 unspecified atom stereocenters. The lowest BCUT2D eigenvalue weighted by molar-refractivity contribution is 0.202. The Kier molecular flexibility index (Phi) is 5.15. The summed E-state index contributed by atoms with van der Waals surface area (Å²) in [5.41, 5.74) is 1.20. The van der Waals surface area contributed by atoms with Crippen molar-refractivity contribution in [3.05, 3.63) is 42.0 Å². The van der Waals surface area contributed by atoms with Crippen molar-refractivity contribution in [2.75, 3.05) is 19.7 Å². The van der Waals surface area contributed by atoms with E-state index in [1.807, 2.05) is 0 Å². The van der Waals surface area contributed by atoms with E-state index >= 15 is 0 Å². The number of benzene rings is 1. The van der Waals surface area contributed by atoms with Crippen LogP contribution in [0.1, 0.15) is 18.4 Å². The van der Waals surface area contributed by atoms with Gasteiger partial charge in [0.05, 0.1) is 13.2 Å². The van der Waals surface area contributed by atoms with E-state index in [1.165, 1.54) is 0 Å². The Morgan fingerprint density at radius 3 is 2.65 bits per heavy atom. The standard InChI is InChI=1S/C17H20FN3O2/c18-16-13(10-22)2-1-3-15(16)14-8-20-17(21-9-14)23-11-12-4-6-19-7-5-12/h1-3,8-9,12,19,22H,4-7,10-11H2. The minimum absolute atomic E-state index is 0.258. The lowest BCUT2D eigenvalue weighted by atomic mass is 9.99. The van der Waals surface area contributed by atoms with Crippen LogP contribution in [-0.4, -0.2) is 34.8 Å². The molecule has 23 heavy (non-hydrogen) atoms. The number of ether oxygens (including phenoxy) is 1. The summed E-state index contributed by atoms with van der Waals surface area (Å²) in [6, 6.07) is 5.20. The Morgan fingerprint density at radius 2 is 1.96 bits per heavy atom. The fraction of sp³-hybridized carbons (Fsp3) is 0.412. The van der Waals surface area contributed by atoms with E-state index in [9.17, 15) is 4.39 Å². The van der Waals surface area contributed by atoms with Crippen LogP contribution >= 0.6 is 0 Å². The smallest absolute Gasteiger partial charge is 0.316 e. The van der Waals surface area contributed by atoms with Gasteiger partial charge in [0.1, 0.15) is 5.82 Å². The maximum atomic E-state index is 14.2. The molecule has 6 heteroatoms. The number of aromatic nitrogens is 2. The van der Waals surface area contributed by atoms with Crippen molar-refractivity contribution in [3.8, 4) is 17.1 Å². The van der Waals surface area contributed by atoms with Crippen LogP contribution in [0.15, 0.2) is 30.6 Å². The molecule has 1 aliphatic heterocycles. The molecule has 2 aromatic rings. The van der Waals surface area contributed by atoms with Gasteiger partial charge in [-0.1, -0.05) is 18.2 Å². The second-order valence-corrected chi connectivity index (χ2v) is 5.70. The van der Waals surface area contributed by atoms with Crippen molar-refractivity contribution in [2.45, 2.75) is 19.4 Å². The summed E-state index contributed by atoms with van der Waals surface area (Å²) >= 11 is 0. The Balaban J connectivity index is 1.67. The normalized spacial score (nSPS) is 15.6. The summed E-state index contributed by atoms with van der Waals surface area (Å²) < 4.78 is 19.8. The number of halogens is 1. The van der Waals surface area contributed by atoms with Gasteiger partial charge >= 0.3 is 6.01 Å². The number of hydrogen-bond donors (Lipinski definition) is 2. The molecule has 2 heterocycles. The molecule has 1 aliphatic rings. The maximum Gasteiger partial charge on any atom is 0.316 e. The average molecular weight is 317 g/mol. The molecule has 0 atom stereocenters. The first-order chi connectivity index (χ1) is 11.3. The van der Waals surface area contributed by atoms with E-state index < -0.39 is 5.82 Å². The third-order valence-electron chi connectivity index (χ3n) is 4.10. The van der Waals surface area contributed by atoms with Crippen LogP contribution in [0, 0.1) is 11.7 Å². The van der Waals surface area contributed by atoms with Crippen LogP contribution in [0.2, 0.25) is 0 Å². The first kappa shape index (κ1) is 15.8. The molecule has 1 aromatic heterocycles. The lowest BCUT2D eigenvalue weighted by Crippen LogP contribution is -2.30. The molecule has 5 nitrogen and oxygen atoms in total. The summed E-state index contributed by atoms with van der Waals surface area (Å²) in [6.07, 6.45) is 5.28. The van der Waals surface area contributed by atoms with Crippen molar-refractivity contribution in [1.29, 1.82) is 0 Å². The van der Waals surface area contributed by atoms with Gasteiger partial charge in [0.25, 0.3) is 0 Å². The van der Waals surface area contributed by atoms with Crippen LogP contribution in [0.5, 0.6) is 6.01 Å². The van der Waals surface area contributed by atoms with E-state index in [-0.39, 0.29) is 12.2 Å². The molecule has 0 aliphatic carbocycles. The number of rotatable bonds is 5.